The van der Waals surface area contributed by atoms with Gasteiger partial charge in [0, 0.05) is 19.3 Å². The molecular weight excluding hydrogens is 278 g/mol. The number of amides is 1. The minimum Gasteiger partial charge on any atom is -0.398 e. The van der Waals surface area contributed by atoms with Crippen LogP contribution in [0.2, 0.25) is 0 Å². The van der Waals surface area contributed by atoms with E-state index in [1.165, 1.54) is 24.0 Å². The summed E-state index contributed by atoms with van der Waals surface area (Å²) in [7, 11) is -2.14. The minimum absolute atomic E-state index is 0.0550. The van der Waals surface area contributed by atoms with Gasteiger partial charge in [0.2, 0.25) is 15.9 Å². The van der Waals surface area contributed by atoms with Crippen LogP contribution < -0.4 is 10.5 Å². The third-order valence-electron chi connectivity index (χ3n) is 3.11. The molecule has 6 nitrogen and oxygen atoms in total. The van der Waals surface area contributed by atoms with Crippen molar-refractivity contribution < 1.29 is 13.2 Å². The van der Waals surface area contributed by atoms with Gasteiger partial charge in [-0.1, -0.05) is 6.07 Å². The Morgan fingerprint density at radius 1 is 1.45 bits per heavy atom. The third kappa shape index (κ3) is 3.71. The summed E-state index contributed by atoms with van der Waals surface area (Å²) in [5.74, 6) is -0.281. The number of carbonyl (C=O) groups is 1. The number of benzene rings is 1. The second-order valence-corrected chi connectivity index (χ2v) is 6.43. The minimum atomic E-state index is -3.76. The summed E-state index contributed by atoms with van der Waals surface area (Å²) in [6.45, 7) is 5.65. The van der Waals surface area contributed by atoms with Crippen molar-refractivity contribution in [1.29, 1.82) is 0 Å². The fraction of sp³-hybridized carbons (Fsp3) is 0.462. The number of nitrogens with zero attached hydrogens (tertiary/aromatic N) is 1. The van der Waals surface area contributed by atoms with E-state index in [0.29, 0.717) is 12.2 Å². The number of rotatable bonds is 5. The highest BCUT2D eigenvalue weighted by Crippen LogP contribution is 2.17. The van der Waals surface area contributed by atoms with Gasteiger partial charge in [0.05, 0.1) is 10.9 Å². The van der Waals surface area contributed by atoms with Gasteiger partial charge < -0.3 is 10.6 Å². The van der Waals surface area contributed by atoms with E-state index in [2.05, 4.69) is 4.72 Å². The number of nitrogens with two attached hydrogens (primary N) is 1. The highest BCUT2D eigenvalue weighted by atomic mass is 32.2. The maximum atomic E-state index is 12.2. The lowest BCUT2D eigenvalue weighted by Crippen LogP contribution is -2.45. The quantitative estimate of drug-likeness (QED) is 0.784. The fourth-order valence-corrected chi connectivity index (χ4v) is 2.85. The van der Waals surface area contributed by atoms with Gasteiger partial charge in [0.25, 0.3) is 0 Å². The van der Waals surface area contributed by atoms with Crippen LogP contribution in [0.25, 0.3) is 0 Å². The summed E-state index contributed by atoms with van der Waals surface area (Å²) in [5.41, 5.74) is 6.92. The highest BCUT2D eigenvalue weighted by molar-refractivity contribution is 7.89. The van der Waals surface area contributed by atoms with Crippen molar-refractivity contribution in [3.05, 3.63) is 23.8 Å². The monoisotopic (exact) mass is 299 g/mol. The van der Waals surface area contributed by atoms with Crippen LogP contribution in [0.15, 0.2) is 23.1 Å². The smallest absolute Gasteiger partial charge is 0.241 e. The van der Waals surface area contributed by atoms with Gasteiger partial charge in [-0.15, -0.1) is 0 Å². The molecule has 0 bridgehead atoms. The summed E-state index contributed by atoms with van der Waals surface area (Å²) in [4.78, 5) is 13.4. The second kappa shape index (κ2) is 6.23. The van der Waals surface area contributed by atoms with Crippen LogP contribution in [-0.2, 0) is 14.8 Å². The molecule has 1 rings (SSSR count). The lowest BCUT2D eigenvalue weighted by atomic mass is 10.2. The Morgan fingerprint density at radius 3 is 2.55 bits per heavy atom. The molecule has 1 amide bonds. The Labute approximate surface area is 120 Å². The first-order valence-corrected chi connectivity index (χ1v) is 7.80. The van der Waals surface area contributed by atoms with Crippen molar-refractivity contribution in [1.82, 2.24) is 9.62 Å². The third-order valence-corrected chi connectivity index (χ3v) is 4.65. The number of nitrogen functional groups attached to an aromatic ring is 1. The van der Waals surface area contributed by atoms with E-state index in [0.717, 1.165) is 5.56 Å². The number of hydrogen-bond acceptors (Lipinski definition) is 4. The molecule has 0 spiro atoms. The summed E-state index contributed by atoms with van der Waals surface area (Å²) >= 11 is 0. The maximum absolute atomic E-state index is 12.2. The van der Waals surface area contributed by atoms with Gasteiger partial charge in [0.1, 0.15) is 0 Å². The Hall–Kier alpha value is -1.60. The number of carbonyl (C=O) groups excluding carboxylic acids is 1. The molecule has 1 atom stereocenters. The zero-order valence-electron chi connectivity index (χ0n) is 12.2. The molecule has 0 aliphatic carbocycles. The number of hydrogen-bond donors (Lipinski definition) is 2. The van der Waals surface area contributed by atoms with Gasteiger partial charge in [-0.25, -0.2) is 8.42 Å². The molecule has 0 fully saturated rings. The molecule has 7 heteroatoms. The molecule has 0 saturated carbocycles. The van der Waals surface area contributed by atoms with E-state index in [9.17, 15) is 13.2 Å². The molecule has 0 radical (unpaired) electrons. The molecule has 0 saturated heterocycles. The van der Waals surface area contributed by atoms with Crippen LogP contribution in [0, 0.1) is 6.92 Å². The number of likely N-dealkylation sites (N-methyl/N-ethyl adjacent to an activating group) is 1. The Morgan fingerprint density at radius 2 is 2.05 bits per heavy atom. The van der Waals surface area contributed by atoms with E-state index in [-0.39, 0.29) is 10.8 Å². The number of aryl methyl sites for hydroxylation is 1. The average Bonchev–Trinajstić information content (AvgIpc) is 2.39. The van der Waals surface area contributed by atoms with E-state index >= 15 is 0 Å². The summed E-state index contributed by atoms with van der Waals surface area (Å²) < 4.78 is 26.7. The first-order valence-electron chi connectivity index (χ1n) is 6.32. The zero-order chi connectivity index (χ0) is 15.5. The standard InChI is InChI=1S/C13H21N3O3S/c1-5-16(4)13(17)10(3)15-20(18,19)11-7-6-9(2)12(14)8-11/h6-8,10,15H,5,14H2,1-4H3. The Kier molecular flexibility index (Phi) is 5.13. The molecule has 1 aromatic carbocycles. The van der Waals surface area contributed by atoms with E-state index in [4.69, 9.17) is 5.73 Å². The topological polar surface area (TPSA) is 92.5 Å². The molecule has 0 aromatic heterocycles. The van der Waals surface area contributed by atoms with Crippen molar-refractivity contribution in [2.24, 2.45) is 0 Å². The fourth-order valence-electron chi connectivity index (χ4n) is 1.62. The molecule has 0 aliphatic rings. The van der Waals surface area contributed by atoms with E-state index < -0.39 is 16.1 Å². The normalized spacial score (nSPS) is 13.0. The number of anilines is 1. The van der Waals surface area contributed by atoms with Gasteiger partial charge in [-0.05, 0) is 38.5 Å². The maximum Gasteiger partial charge on any atom is 0.241 e. The predicted molar refractivity (Wildman–Crippen MR) is 78.7 cm³/mol. The van der Waals surface area contributed by atoms with Crippen molar-refractivity contribution in [2.75, 3.05) is 19.3 Å². The van der Waals surface area contributed by atoms with Crippen LogP contribution >= 0.6 is 0 Å². The van der Waals surface area contributed by atoms with E-state index in [1.54, 1.807) is 20.0 Å². The lowest BCUT2D eigenvalue weighted by Gasteiger charge is -2.20. The van der Waals surface area contributed by atoms with Gasteiger partial charge in [-0.2, -0.15) is 4.72 Å². The van der Waals surface area contributed by atoms with Crippen LogP contribution in [0.3, 0.4) is 0 Å². The van der Waals surface area contributed by atoms with Crippen LogP contribution in [0.1, 0.15) is 19.4 Å². The van der Waals surface area contributed by atoms with Gasteiger partial charge in [0.15, 0.2) is 0 Å². The molecule has 1 unspecified atom stereocenters. The molecule has 3 N–H and O–H groups in total. The molecular formula is C13H21N3O3S. The van der Waals surface area contributed by atoms with E-state index in [1.807, 2.05) is 6.92 Å². The van der Waals surface area contributed by atoms with Crippen molar-refractivity contribution >= 4 is 21.6 Å². The predicted octanol–water partition coefficient (Wildman–Crippen LogP) is 0.722. The zero-order valence-corrected chi connectivity index (χ0v) is 13.0. The van der Waals surface area contributed by atoms with Crippen molar-refractivity contribution in [2.45, 2.75) is 31.7 Å². The first kappa shape index (κ1) is 16.5. The number of nitrogens with one attached hydrogen (secondary N) is 1. The summed E-state index contributed by atoms with van der Waals surface area (Å²) in [5, 5.41) is 0. The molecule has 1 aromatic rings. The molecule has 0 aliphatic heterocycles. The Bertz CT molecular complexity index is 599. The first-order chi connectivity index (χ1) is 9.19. The lowest BCUT2D eigenvalue weighted by molar-refractivity contribution is -0.131. The largest absolute Gasteiger partial charge is 0.398 e. The van der Waals surface area contributed by atoms with Crippen LogP contribution in [-0.4, -0.2) is 38.9 Å². The van der Waals surface area contributed by atoms with Gasteiger partial charge >= 0.3 is 0 Å². The molecule has 112 valence electrons. The average molecular weight is 299 g/mol. The summed E-state index contributed by atoms with van der Waals surface area (Å²) in [6.07, 6.45) is 0. The molecule has 0 heterocycles. The second-order valence-electron chi connectivity index (χ2n) is 4.71. The van der Waals surface area contributed by atoms with Crippen molar-refractivity contribution in [3.63, 3.8) is 0 Å². The van der Waals surface area contributed by atoms with Crippen molar-refractivity contribution in [3.8, 4) is 0 Å². The summed E-state index contributed by atoms with van der Waals surface area (Å²) in [6, 6.07) is 3.66. The number of sulfonamides is 1. The Balaban J connectivity index is 2.95. The van der Waals surface area contributed by atoms with Gasteiger partial charge in [-0.3, -0.25) is 4.79 Å². The SMILES string of the molecule is CCN(C)C(=O)C(C)NS(=O)(=O)c1ccc(C)c(N)c1. The molecule has 20 heavy (non-hydrogen) atoms. The van der Waals surface area contributed by atoms with Crippen LogP contribution in [0.5, 0.6) is 0 Å². The highest BCUT2D eigenvalue weighted by Gasteiger charge is 2.24. The van der Waals surface area contributed by atoms with Crippen LogP contribution in [0.4, 0.5) is 5.69 Å².